The molecule has 5 rings (SSSR count). The van der Waals surface area contributed by atoms with E-state index in [4.69, 9.17) is 5.26 Å². The number of hydrogen-bond donors (Lipinski definition) is 0. The molecule has 0 atom stereocenters. The number of benzene rings is 2. The highest BCUT2D eigenvalue weighted by molar-refractivity contribution is 7.89. The third kappa shape index (κ3) is 6.63. The van der Waals surface area contributed by atoms with E-state index in [1.807, 2.05) is 12.1 Å². The van der Waals surface area contributed by atoms with Gasteiger partial charge in [-0.05, 0) is 63.1 Å². The van der Waals surface area contributed by atoms with Crippen molar-refractivity contribution in [1.29, 1.82) is 5.26 Å². The lowest BCUT2D eigenvalue weighted by Crippen LogP contribution is -2.48. The van der Waals surface area contributed by atoms with Gasteiger partial charge in [-0.3, -0.25) is 14.6 Å². The molecule has 13 heteroatoms. The lowest BCUT2D eigenvalue weighted by Gasteiger charge is -2.34. The van der Waals surface area contributed by atoms with Gasteiger partial charge < -0.3 is 4.90 Å². The molecule has 1 aromatic heterocycles. The Morgan fingerprint density at radius 2 is 1.64 bits per heavy atom. The van der Waals surface area contributed by atoms with E-state index in [0.717, 1.165) is 42.2 Å². The largest absolute Gasteiger partial charge is 0.417 e. The quantitative estimate of drug-likeness (QED) is 0.219. The number of aromatic nitrogens is 1. The first-order chi connectivity index (χ1) is 21.4. The third-order valence-electron chi connectivity index (χ3n) is 8.32. The zero-order valence-corrected chi connectivity index (χ0v) is 25.5. The van der Waals surface area contributed by atoms with E-state index in [-0.39, 0.29) is 21.7 Å². The summed E-state index contributed by atoms with van der Waals surface area (Å²) >= 11 is 0. The Kier molecular flexibility index (Phi) is 9.38. The van der Waals surface area contributed by atoms with Crippen molar-refractivity contribution in [1.82, 2.24) is 14.2 Å². The molecule has 3 heterocycles. The number of fused-ring (bicyclic) bond motifs is 1. The number of halogens is 3. The lowest BCUT2D eigenvalue weighted by atomic mass is 10.0. The normalized spacial score (nSPS) is 17.0. The molecule has 0 aliphatic carbocycles. The number of carbonyl (C=O) groups is 2. The summed E-state index contributed by atoms with van der Waals surface area (Å²) in [6.07, 6.45) is 0.269. The minimum atomic E-state index is -4.81. The molecule has 0 N–H and O–H groups in total. The van der Waals surface area contributed by atoms with E-state index in [9.17, 15) is 31.2 Å². The third-order valence-corrected chi connectivity index (χ3v) is 10.3. The first kappa shape index (κ1) is 32.3. The van der Waals surface area contributed by atoms with Crippen molar-refractivity contribution in [2.45, 2.75) is 50.1 Å². The highest BCUT2D eigenvalue weighted by atomic mass is 32.2. The van der Waals surface area contributed by atoms with Crippen LogP contribution in [0.5, 0.6) is 0 Å². The Morgan fingerprint density at radius 3 is 2.36 bits per heavy atom. The lowest BCUT2D eigenvalue weighted by molar-refractivity contribution is -0.138. The van der Waals surface area contributed by atoms with Crippen molar-refractivity contribution in [3.8, 4) is 6.07 Å². The first-order valence-corrected chi connectivity index (χ1v) is 16.1. The maximum absolute atomic E-state index is 13.4. The number of amides is 2. The molecule has 0 spiro atoms. The van der Waals surface area contributed by atoms with E-state index in [0.29, 0.717) is 50.6 Å². The van der Waals surface area contributed by atoms with Crippen LogP contribution in [0.3, 0.4) is 0 Å². The summed E-state index contributed by atoms with van der Waals surface area (Å²) in [6.45, 7) is 4.30. The van der Waals surface area contributed by atoms with Crippen LogP contribution in [0.15, 0.2) is 70.8 Å². The van der Waals surface area contributed by atoms with Gasteiger partial charge in [0.2, 0.25) is 10.0 Å². The van der Waals surface area contributed by atoms with Crippen molar-refractivity contribution < 1.29 is 31.2 Å². The van der Waals surface area contributed by atoms with Crippen LogP contribution in [0.1, 0.15) is 50.2 Å². The highest BCUT2D eigenvalue weighted by Gasteiger charge is 2.39. The number of nitrogens with zero attached hydrogens (tertiary/aromatic N) is 5. The molecule has 0 saturated carbocycles. The van der Waals surface area contributed by atoms with Gasteiger partial charge in [-0.1, -0.05) is 31.0 Å². The van der Waals surface area contributed by atoms with E-state index in [1.165, 1.54) is 23.4 Å². The van der Waals surface area contributed by atoms with Crippen LogP contribution in [0, 0.1) is 11.3 Å². The summed E-state index contributed by atoms with van der Waals surface area (Å²) in [5, 5.41) is 9.81. The van der Waals surface area contributed by atoms with Gasteiger partial charge in [0.05, 0.1) is 28.4 Å². The van der Waals surface area contributed by atoms with E-state index < -0.39 is 39.1 Å². The minimum absolute atomic E-state index is 0.213. The number of piperazine rings is 1. The maximum Gasteiger partial charge on any atom is 0.417 e. The van der Waals surface area contributed by atoms with Gasteiger partial charge in [-0.15, -0.1) is 0 Å². The number of carbonyl (C=O) groups excluding carboxylic acids is 2. The molecule has 2 aromatic carbocycles. The number of unbranched alkanes of at least 4 members (excludes halogenated alkanes) is 3. The van der Waals surface area contributed by atoms with Crippen molar-refractivity contribution in [3.63, 3.8) is 0 Å². The predicted octanol–water partition coefficient (Wildman–Crippen LogP) is 5.27. The maximum atomic E-state index is 13.4. The van der Waals surface area contributed by atoms with Crippen LogP contribution >= 0.6 is 0 Å². The monoisotopic (exact) mass is 639 g/mol. The van der Waals surface area contributed by atoms with Crippen molar-refractivity contribution in [2.75, 3.05) is 37.6 Å². The smallest absolute Gasteiger partial charge is 0.301 e. The van der Waals surface area contributed by atoms with Crippen LogP contribution in [-0.4, -0.2) is 67.1 Å². The zero-order valence-electron chi connectivity index (χ0n) is 24.7. The summed E-state index contributed by atoms with van der Waals surface area (Å²) in [5.74, 6) is -1.30. The van der Waals surface area contributed by atoms with Gasteiger partial charge in [0, 0.05) is 48.9 Å². The van der Waals surface area contributed by atoms with Gasteiger partial charge in [0.1, 0.15) is 4.90 Å². The van der Waals surface area contributed by atoms with Gasteiger partial charge in [-0.25, -0.2) is 13.3 Å². The van der Waals surface area contributed by atoms with Crippen molar-refractivity contribution >= 4 is 38.4 Å². The Hall–Kier alpha value is -4.12. The van der Waals surface area contributed by atoms with Crippen LogP contribution in [0.2, 0.25) is 0 Å². The summed E-state index contributed by atoms with van der Waals surface area (Å²) < 4.78 is 68.5. The number of nitriles is 1. The molecule has 1 fully saturated rings. The second kappa shape index (κ2) is 13.1. The molecule has 0 radical (unpaired) electrons. The van der Waals surface area contributed by atoms with Gasteiger partial charge in [0.15, 0.2) is 0 Å². The molecule has 0 bridgehead atoms. The Morgan fingerprint density at radius 1 is 0.933 bits per heavy atom. The van der Waals surface area contributed by atoms with Crippen LogP contribution < -0.4 is 4.90 Å². The highest BCUT2D eigenvalue weighted by Crippen LogP contribution is 2.37. The topological polar surface area (TPSA) is 115 Å². The first-order valence-electron chi connectivity index (χ1n) is 14.7. The van der Waals surface area contributed by atoms with Gasteiger partial charge in [0.25, 0.3) is 11.8 Å². The molecule has 236 valence electrons. The molecule has 45 heavy (non-hydrogen) atoms. The van der Waals surface area contributed by atoms with Crippen molar-refractivity contribution in [2.24, 2.45) is 0 Å². The van der Waals surface area contributed by atoms with E-state index in [1.54, 1.807) is 24.4 Å². The Bertz CT molecular complexity index is 1800. The summed E-state index contributed by atoms with van der Waals surface area (Å²) in [5.41, 5.74) is -1.02. The molecular weight excluding hydrogens is 607 g/mol. The fraction of sp³-hybridized carbons (Fsp3) is 0.375. The van der Waals surface area contributed by atoms with Crippen LogP contribution in [0.25, 0.3) is 10.9 Å². The molecule has 9 nitrogen and oxygen atoms in total. The summed E-state index contributed by atoms with van der Waals surface area (Å²) in [7, 11) is -3.68. The summed E-state index contributed by atoms with van der Waals surface area (Å²) in [4.78, 5) is 33.4. The van der Waals surface area contributed by atoms with Crippen LogP contribution in [0.4, 0.5) is 18.9 Å². The molecular formula is C32H32F3N5O4S. The fourth-order valence-electron chi connectivity index (χ4n) is 5.82. The molecule has 2 amide bonds. The van der Waals surface area contributed by atoms with Gasteiger partial charge >= 0.3 is 6.18 Å². The number of rotatable bonds is 10. The fourth-order valence-corrected chi connectivity index (χ4v) is 7.41. The van der Waals surface area contributed by atoms with E-state index in [2.05, 4.69) is 9.88 Å². The standard InChI is InChI=1S/C32H32F3N5O4S/c1-22-26(31(42)40(30(22)41)25-13-12-24(21-36)27(20-25)32(33,34)35)10-4-2-3-5-15-38-16-18-39(19-17-38)45(43,44)28-11-6-8-23-9-7-14-37-29(23)28/h6-9,11-14,20H,2-5,10,15-19H2,1H3. The average Bonchev–Trinajstić information content (AvgIpc) is 3.24. The number of sulfonamides is 1. The number of alkyl halides is 3. The Balaban J connectivity index is 1.07. The summed E-state index contributed by atoms with van der Waals surface area (Å²) in [6, 6.07) is 13.1. The Labute approximate surface area is 259 Å². The number of anilines is 1. The number of imide groups is 1. The van der Waals surface area contributed by atoms with Crippen molar-refractivity contribution in [3.05, 3.63) is 77.0 Å². The number of hydrogen-bond acceptors (Lipinski definition) is 7. The predicted molar refractivity (Wildman–Crippen MR) is 161 cm³/mol. The van der Waals surface area contributed by atoms with Crippen LogP contribution in [-0.2, 0) is 25.8 Å². The van der Waals surface area contributed by atoms with E-state index >= 15 is 0 Å². The molecule has 3 aromatic rings. The second-order valence-electron chi connectivity index (χ2n) is 11.1. The minimum Gasteiger partial charge on any atom is -0.301 e. The molecule has 2 aliphatic heterocycles. The molecule has 1 saturated heterocycles. The second-order valence-corrected chi connectivity index (χ2v) is 13.0. The number of para-hydroxylation sites is 1. The van der Waals surface area contributed by atoms with Gasteiger partial charge in [-0.2, -0.15) is 22.7 Å². The average molecular weight is 640 g/mol. The number of pyridine rings is 1. The zero-order chi connectivity index (χ0) is 32.4. The molecule has 0 unspecified atom stereocenters. The molecule has 2 aliphatic rings. The SMILES string of the molecule is CC1=C(CCCCCCN2CCN(S(=O)(=O)c3cccc4cccnc34)CC2)C(=O)N(c2ccc(C#N)c(C(F)(F)F)c2)C1=O.